The average molecular weight is 277 g/mol. The molecule has 0 aliphatic rings. The predicted molar refractivity (Wildman–Crippen MR) is 87.0 cm³/mol. The van der Waals surface area contributed by atoms with Gasteiger partial charge in [0.25, 0.3) is 0 Å². The molecule has 0 fully saturated rings. The highest BCUT2D eigenvalue weighted by Crippen LogP contribution is 2.23. The molecule has 3 aromatic rings. The van der Waals surface area contributed by atoms with Crippen molar-refractivity contribution in [1.82, 2.24) is 15.3 Å². The number of pyridine rings is 2. The minimum Gasteiger partial charge on any atom is -0.313 e. The van der Waals surface area contributed by atoms with Gasteiger partial charge in [-0.3, -0.25) is 9.97 Å². The van der Waals surface area contributed by atoms with Crippen molar-refractivity contribution in [2.45, 2.75) is 19.9 Å². The number of benzene rings is 1. The molecule has 0 aliphatic carbocycles. The van der Waals surface area contributed by atoms with Crippen molar-refractivity contribution in [3.63, 3.8) is 0 Å². The topological polar surface area (TPSA) is 37.8 Å². The lowest BCUT2D eigenvalue weighted by Gasteiger charge is -2.07. The monoisotopic (exact) mass is 277 g/mol. The highest BCUT2D eigenvalue weighted by Gasteiger charge is 2.02. The minimum atomic E-state index is 0.862. The summed E-state index contributed by atoms with van der Waals surface area (Å²) < 4.78 is 0. The first kappa shape index (κ1) is 13.7. The maximum Gasteiger partial charge on any atom is 0.0708 e. The first-order valence-corrected chi connectivity index (χ1v) is 7.36. The lowest BCUT2D eigenvalue weighted by molar-refractivity contribution is 0.674. The second kappa shape index (κ2) is 6.46. The van der Waals surface area contributed by atoms with Crippen LogP contribution in [-0.2, 0) is 6.54 Å². The number of hydrogen-bond donors (Lipinski definition) is 1. The van der Waals surface area contributed by atoms with Gasteiger partial charge in [-0.15, -0.1) is 0 Å². The molecule has 21 heavy (non-hydrogen) atoms. The third-order valence-corrected chi connectivity index (χ3v) is 3.49. The van der Waals surface area contributed by atoms with E-state index >= 15 is 0 Å². The zero-order chi connectivity index (χ0) is 14.5. The van der Waals surface area contributed by atoms with E-state index in [9.17, 15) is 0 Å². The Morgan fingerprint density at radius 1 is 1.05 bits per heavy atom. The molecule has 0 spiro atoms. The SMILES string of the molecule is CCCNCc1cncc(-c2ccc3cccnc3c2)c1. The van der Waals surface area contributed by atoms with Crippen molar-refractivity contribution in [3.05, 3.63) is 60.6 Å². The maximum absolute atomic E-state index is 4.42. The summed E-state index contributed by atoms with van der Waals surface area (Å²) in [6.45, 7) is 4.06. The normalized spacial score (nSPS) is 10.9. The van der Waals surface area contributed by atoms with Gasteiger partial charge in [0, 0.05) is 36.1 Å². The van der Waals surface area contributed by atoms with Crippen LogP contribution in [0.4, 0.5) is 0 Å². The van der Waals surface area contributed by atoms with Crippen molar-refractivity contribution >= 4 is 10.9 Å². The van der Waals surface area contributed by atoms with E-state index in [4.69, 9.17) is 0 Å². The van der Waals surface area contributed by atoms with Crippen LogP contribution in [0.15, 0.2) is 55.0 Å². The van der Waals surface area contributed by atoms with Crippen molar-refractivity contribution in [1.29, 1.82) is 0 Å². The molecule has 1 aromatic carbocycles. The second-order valence-corrected chi connectivity index (χ2v) is 5.17. The van der Waals surface area contributed by atoms with Gasteiger partial charge in [-0.05, 0) is 42.3 Å². The zero-order valence-electron chi connectivity index (χ0n) is 12.2. The summed E-state index contributed by atoms with van der Waals surface area (Å²) in [5.74, 6) is 0. The third kappa shape index (κ3) is 3.26. The van der Waals surface area contributed by atoms with E-state index in [1.165, 1.54) is 5.56 Å². The van der Waals surface area contributed by atoms with E-state index in [0.29, 0.717) is 0 Å². The van der Waals surface area contributed by atoms with Crippen LogP contribution in [0.2, 0.25) is 0 Å². The molecule has 0 unspecified atom stereocenters. The molecule has 0 atom stereocenters. The van der Waals surface area contributed by atoms with Gasteiger partial charge in [-0.2, -0.15) is 0 Å². The molecule has 0 saturated carbocycles. The fraction of sp³-hybridized carbons (Fsp3) is 0.222. The molecule has 0 radical (unpaired) electrons. The maximum atomic E-state index is 4.42. The molecule has 2 heterocycles. The van der Waals surface area contributed by atoms with E-state index in [2.05, 4.69) is 52.5 Å². The van der Waals surface area contributed by atoms with E-state index in [1.807, 2.05) is 24.7 Å². The van der Waals surface area contributed by atoms with E-state index in [1.54, 1.807) is 0 Å². The van der Waals surface area contributed by atoms with Crippen LogP contribution in [0.1, 0.15) is 18.9 Å². The fourth-order valence-corrected chi connectivity index (χ4v) is 2.40. The van der Waals surface area contributed by atoms with Crippen LogP contribution in [0.3, 0.4) is 0 Å². The smallest absolute Gasteiger partial charge is 0.0708 e. The molecule has 2 aromatic heterocycles. The van der Waals surface area contributed by atoms with Crippen LogP contribution in [0, 0.1) is 0 Å². The van der Waals surface area contributed by atoms with E-state index in [0.717, 1.165) is 41.5 Å². The lowest BCUT2D eigenvalue weighted by Crippen LogP contribution is -2.13. The molecule has 1 N–H and O–H groups in total. The van der Waals surface area contributed by atoms with Gasteiger partial charge in [-0.1, -0.05) is 25.1 Å². The number of nitrogens with one attached hydrogen (secondary N) is 1. The molecular weight excluding hydrogens is 258 g/mol. The van der Waals surface area contributed by atoms with Crippen molar-refractivity contribution in [2.75, 3.05) is 6.54 Å². The van der Waals surface area contributed by atoms with Gasteiger partial charge in [0.05, 0.1) is 5.52 Å². The molecular formula is C18H19N3. The van der Waals surface area contributed by atoms with Crippen LogP contribution in [0.5, 0.6) is 0 Å². The van der Waals surface area contributed by atoms with Crippen molar-refractivity contribution < 1.29 is 0 Å². The van der Waals surface area contributed by atoms with Crippen molar-refractivity contribution in [2.24, 2.45) is 0 Å². The summed E-state index contributed by atoms with van der Waals surface area (Å²) in [6.07, 6.45) is 6.80. The van der Waals surface area contributed by atoms with Gasteiger partial charge >= 0.3 is 0 Å². The summed E-state index contributed by atoms with van der Waals surface area (Å²) in [6, 6.07) is 12.6. The number of hydrogen-bond acceptors (Lipinski definition) is 3. The van der Waals surface area contributed by atoms with E-state index in [-0.39, 0.29) is 0 Å². The summed E-state index contributed by atoms with van der Waals surface area (Å²) >= 11 is 0. The first-order valence-electron chi connectivity index (χ1n) is 7.36. The molecule has 3 heteroatoms. The molecule has 0 aliphatic heterocycles. The Morgan fingerprint density at radius 3 is 2.90 bits per heavy atom. The molecule has 0 bridgehead atoms. The van der Waals surface area contributed by atoms with Gasteiger partial charge in [0.15, 0.2) is 0 Å². The minimum absolute atomic E-state index is 0.862. The summed E-state index contributed by atoms with van der Waals surface area (Å²) in [7, 11) is 0. The number of rotatable bonds is 5. The number of nitrogens with zero attached hydrogens (tertiary/aromatic N) is 2. The standard InChI is InChI=1S/C18H19N3/c1-2-7-19-11-14-9-17(13-20-12-14)16-6-5-15-4-3-8-21-18(15)10-16/h3-6,8-10,12-13,19H,2,7,11H2,1H3. The number of aromatic nitrogens is 2. The van der Waals surface area contributed by atoms with Gasteiger partial charge < -0.3 is 5.32 Å². The summed E-state index contributed by atoms with van der Waals surface area (Å²) in [4.78, 5) is 8.78. The largest absolute Gasteiger partial charge is 0.313 e. The third-order valence-electron chi connectivity index (χ3n) is 3.49. The second-order valence-electron chi connectivity index (χ2n) is 5.17. The zero-order valence-corrected chi connectivity index (χ0v) is 12.2. The molecule has 106 valence electrons. The lowest BCUT2D eigenvalue weighted by atomic mass is 10.0. The fourth-order valence-electron chi connectivity index (χ4n) is 2.40. The van der Waals surface area contributed by atoms with Crippen LogP contribution in [0.25, 0.3) is 22.0 Å². The predicted octanol–water partition coefficient (Wildman–Crippen LogP) is 3.80. The highest BCUT2D eigenvalue weighted by molar-refractivity contribution is 5.83. The van der Waals surface area contributed by atoms with Crippen LogP contribution in [-0.4, -0.2) is 16.5 Å². The molecule has 0 saturated heterocycles. The molecule has 3 nitrogen and oxygen atoms in total. The number of fused-ring (bicyclic) bond motifs is 1. The summed E-state index contributed by atoms with van der Waals surface area (Å²) in [5.41, 5.74) is 4.52. The molecule has 0 amide bonds. The van der Waals surface area contributed by atoms with Gasteiger partial charge in [0.1, 0.15) is 0 Å². The first-order chi connectivity index (χ1) is 10.4. The van der Waals surface area contributed by atoms with Gasteiger partial charge in [-0.25, -0.2) is 0 Å². The Hall–Kier alpha value is -2.26. The molecule has 3 rings (SSSR count). The Kier molecular flexibility index (Phi) is 4.22. The van der Waals surface area contributed by atoms with Crippen LogP contribution >= 0.6 is 0 Å². The average Bonchev–Trinajstić information content (AvgIpc) is 2.55. The summed E-state index contributed by atoms with van der Waals surface area (Å²) in [5, 5.41) is 4.57. The van der Waals surface area contributed by atoms with Gasteiger partial charge in [0.2, 0.25) is 0 Å². The van der Waals surface area contributed by atoms with E-state index < -0.39 is 0 Å². The Labute approximate surface area is 125 Å². The highest BCUT2D eigenvalue weighted by atomic mass is 14.8. The Bertz CT molecular complexity index is 737. The Balaban J connectivity index is 1.89. The Morgan fingerprint density at radius 2 is 2.00 bits per heavy atom. The van der Waals surface area contributed by atoms with Crippen LogP contribution < -0.4 is 5.32 Å². The quantitative estimate of drug-likeness (QED) is 0.721. The van der Waals surface area contributed by atoms with Crippen molar-refractivity contribution in [3.8, 4) is 11.1 Å².